The summed E-state index contributed by atoms with van der Waals surface area (Å²) < 4.78 is 27.0. The third-order valence-electron chi connectivity index (χ3n) is 1.63. The lowest BCUT2D eigenvalue weighted by Gasteiger charge is -2.03. The Morgan fingerprint density at radius 2 is 2.00 bits per heavy atom. The number of hydrogen-bond donors (Lipinski definition) is 0. The molecule has 0 N–H and O–H groups in total. The molecule has 0 amide bonds. The third kappa shape index (κ3) is 1.96. The molecular weight excluding hydrogens is 188 g/mol. The molecule has 70 valence electrons. The van der Waals surface area contributed by atoms with Gasteiger partial charge in [-0.1, -0.05) is 30.9 Å². The van der Waals surface area contributed by atoms with E-state index in [0.29, 0.717) is 5.56 Å². The first kappa shape index (κ1) is 9.95. The predicted molar refractivity (Wildman–Crippen MR) is 50.7 cm³/mol. The highest BCUT2D eigenvalue weighted by Gasteiger charge is 2.15. The van der Waals surface area contributed by atoms with Gasteiger partial charge < -0.3 is 0 Å². The summed E-state index contributed by atoms with van der Waals surface area (Å²) in [6, 6.07) is 6.53. The zero-order valence-electron chi connectivity index (χ0n) is 7.23. The second-order valence-corrected chi connectivity index (χ2v) is 4.04. The lowest BCUT2D eigenvalue weighted by molar-refractivity contribution is 0.397. The van der Waals surface area contributed by atoms with Crippen LogP contribution in [0.25, 0.3) is 6.08 Å². The fraction of sp³-hybridized carbons (Fsp3) is 0.111. The van der Waals surface area contributed by atoms with Crippen LogP contribution in [0, 0.1) is 0 Å². The molecule has 1 aromatic rings. The first-order chi connectivity index (χ1) is 6.11. The van der Waals surface area contributed by atoms with Crippen LogP contribution >= 0.6 is 0 Å². The lowest BCUT2D eigenvalue weighted by Crippen LogP contribution is -2.04. The van der Waals surface area contributed by atoms with E-state index in [4.69, 9.17) is 0 Å². The molecule has 0 saturated carbocycles. The highest BCUT2D eigenvalue weighted by atomic mass is 32.2. The molecule has 4 heteroatoms. The smallest absolute Gasteiger partial charge is 0.270 e. The normalized spacial score (nSPS) is 11.2. The molecule has 0 aliphatic rings. The maximum Gasteiger partial charge on any atom is 0.297 e. The van der Waals surface area contributed by atoms with E-state index in [1.807, 2.05) is 0 Å². The molecule has 0 aromatic heterocycles. The lowest BCUT2D eigenvalue weighted by atomic mass is 10.2. The Balaban J connectivity index is 3.37. The molecular formula is C9H10O3S. The molecule has 1 aromatic carbocycles. The van der Waals surface area contributed by atoms with Crippen LogP contribution in [-0.2, 0) is 14.3 Å². The SMILES string of the molecule is C=Cc1ccccc1S(=O)(=O)OC. The van der Waals surface area contributed by atoms with Crippen LogP contribution in [0.2, 0.25) is 0 Å². The van der Waals surface area contributed by atoms with E-state index in [1.54, 1.807) is 18.2 Å². The minimum Gasteiger partial charge on any atom is -0.270 e. The maximum absolute atomic E-state index is 11.3. The maximum atomic E-state index is 11.3. The third-order valence-corrected chi connectivity index (χ3v) is 2.98. The van der Waals surface area contributed by atoms with Crippen molar-refractivity contribution in [3.8, 4) is 0 Å². The standard InChI is InChI=1S/C9H10O3S/c1-3-8-6-4-5-7-9(8)13(10,11)12-2/h3-7H,1H2,2H3. The van der Waals surface area contributed by atoms with Crippen molar-refractivity contribution >= 4 is 16.2 Å². The molecule has 0 aliphatic carbocycles. The number of hydrogen-bond acceptors (Lipinski definition) is 3. The van der Waals surface area contributed by atoms with Crippen molar-refractivity contribution in [2.45, 2.75) is 4.90 Å². The highest BCUT2D eigenvalue weighted by Crippen LogP contribution is 2.17. The summed E-state index contributed by atoms with van der Waals surface area (Å²) in [6.45, 7) is 3.52. The molecule has 0 saturated heterocycles. The van der Waals surface area contributed by atoms with Crippen molar-refractivity contribution in [2.24, 2.45) is 0 Å². The molecule has 13 heavy (non-hydrogen) atoms. The zero-order valence-corrected chi connectivity index (χ0v) is 8.04. The van der Waals surface area contributed by atoms with Gasteiger partial charge in [-0.15, -0.1) is 0 Å². The van der Waals surface area contributed by atoms with Crippen LogP contribution in [0.5, 0.6) is 0 Å². The predicted octanol–water partition coefficient (Wildman–Crippen LogP) is 1.66. The molecule has 3 nitrogen and oxygen atoms in total. The van der Waals surface area contributed by atoms with Gasteiger partial charge in [-0.05, 0) is 11.6 Å². The van der Waals surface area contributed by atoms with E-state index in [2.05, 4.69) is 10.8 Å². The van der Waals surface area contributed by atoms with Crippen molar-refractivity contribution in [1.82, 2.24) is 0 Å². The second-order valence-electron chi connectivity index (χ2n) is 2.36. The number of rotatable bonds is 3. The summed E-state index contributed by atoms with van der Waals surface area (Å²) in [6.07, 6.45) is 1.48. The van der Waals surface area contributed by atoms with Gasteiger partial charge in [-0.2, -0.15) is 8.42 Å². The second kappa shape index (κ2) is 3.72. The molecule has 0 bridgehead atoms. The zero-order chi connectivity index (χ0) is 9.90. The van der Waals surface area contributed by atoms with Gasteiger partial charge in [0, 0.05) is 0 Å². The Labute approximate surface area is 77.8 Å². The largest absolute Gasteiger partial charge is 0.297 e. The summed E-state index contributed by atoms with van der Waals surface area (Å²) in [5.74, 6) is 0. The quantitative estimate of drug-likeness (QED) is 0.694. The monoisotopic (exact) mass is 198 g/mol. The van der Waals surface area contributed by atoms with E-state index < -0.39 is 10.1 Å². The molecule has 0 unspecified atom stereocenters. The van der Waals surface area contributed by atoms with Crippen molar-refractivity contribution in [3.63, 3.8) is 0 Å². The Bertz CT molecular complexity index is 407. The van der Waals surface area contributed by atoms with Crippen LogP contribution in [-0.4, -0.2) is 15.5 Å². The van der Waals surface area contributed by atoms with Crippen molar-refractivity contribution < 1.29 is 12.6 Å². The summed E-state index contributed by atoms with van der Waals surface area (Å²) >= 11 is 0. The first-order valence-electron chi connectivity index (χ1n) is 3.64. The number of benzene rings is 1. The van der Waals surface area contributed by atoms with Gasteiger partial charge in [0.2, 0.25) is 0 Å². The molecule has 0 aliphatic heterocycles. The summed E-state index contributed by atoms with van der Waals surface area (Å²) in [5.41, 5.74) is 0.546. The fourth-order valence-electron chi connectivity index (χ4n) is 0.967. The van der Waals surface area contributed by atoms with Crippen LogP contribution in [0.1, 0.15) is 5.56 Å². The summed E-state index contributed by atoms with van der Waals surface area (Å²) in [4.78, 5) is 0.146. The van der Waals surface area contributed by atoms with Crippen LogP contribution < -0.4 is 0 Å². The fourth-order valence-corrected chi connectivity index (χ4v) is 1.83. The molecule has 0 atom stereocenters. The topological polar surface area (TPSA) is 43.4 Å². The minimum absolute atomic E-state index is 0.146. The Morgan fingerprint density at radius 1 is 1.38 bits per heavy atom. The average molecular weight is 198 g/mol. The van der Waals surface area contributed by atoms with Crippen LogP contribution in [0.3, 0.4) is 0 Å². The van der Waals surface area contributed by atoms with E-state index in [-0.39, 0.29) is 4.90 Å². The Kier molecular flexibility index (Phi) is 2.85. The average Bonchev–Trinajstić information content (AvgIpc) is 2.18. The van der Waals surface area contributed by atoms with Crippen molar-refractivity contribution in [2.75, 3.05) is 7.11 Å². The molecule has 0 spiro atoms. The Hall–Kier alpha value is -1.13. The van der Waals surface area contributed by atoms with Crippen molar-refractivity contribution in [1.29, 1.82) is 0 Å². The highest BCUT2D eigenvalue weighted by molar-refractivity contribution is 7.86. The van der Waals surface area contributed by atoms with Gasteiger partial charge >= 0.3 is 0 Å². The Morgan fingerprint density at radius 3 is 2.54 bits per heavy atom. The van der Waals surface area contributed by atoms with Gasteiger partial charge in [0.25, 0.3) is 10.1 Å². The molecule has 0 fully saturated rings. The summed E-state index contributed by atoms with van der Waals surface area (Å²) in [7, 11) is -2.48. The van der Waals surface area contributed by atoms with E-state index in [1.165, 1.54) is 12.1 Å². The van der Waals surface area contributed by atoms with E-state index in [0.717, 1.165) is 7.11 Å². The van der Waals surface area contributed by atoms with Gasteiger partial charge in [0.1, 0.15) is 4.90 Å². The van der Waals surface area contributed by atoms with Gasteiger partial charge in [0.15, 0.2) is 0 Å². The van der Waals surface area contributed by atoms with Gasteiger partial charge in [-0.25, -0.2) is 0 Å². The molecule has 0 heterocycles. The molecule has 1 rings (SSSR count). The first-order valence-corrected chi connectivity index (χ1v) is 5.04. The van der Waals surface area contributed by atoms with Gasteiger partial charge in [0.05, 0.1) is 7.11 Å². The van der Waals surface area contributed by atoms with E-state index in [9.17, 15) is 8.42 Å². The minimum atomic E-state index is -3.61. The van der Waals surface area contributed by atoms with Crippen LogP contribution in [0.4, 0.5) is 0 Å². The molecule has 0 radical (unpaired) electrons. The summed E-state index contributed by atoms with van der Waals surface area (Å²) in [5, 5.41) is 0. The van der Waals surface area contributed by atoms with Gasteiger partial charge in [-0.3, -0.25) is 4.18 Å². The van der Waals surface area contributed by atoms with E-state index >= 15 is 0 Å². The van der Waals surface area contributed by atoms with Crippen molar-refractivity contribution in [3.05, 3.63) is 36.4 Å². The van der Waals surface area contributed by atoms with Crippen LogP contribution in [0.15, 0.2) is 35.7 Å².